The Bertz CT molecular complexity index is 2530. The molecule has 0 radical (unpaired) electrons. The highest BCUT2D eigenvalue weighted by atomic mass is 16.7. The SMILES string of the molecule is CC/C=C\C/C=C\C/C=C\C/C=C\C/C=C\C/C=C\CCC(=O)NCCCOc1ccc(C[C@H](NC(=O)[C@H](C)NC(=O)O[C@@H]2C(O)[C@@H](OC)OC(CO[C@@H]3OC(COC)[C@@H](O)[C@H](OC(=O)N[C@@H](C)C(=O)O)C3O)[C@H]2O)C(=O)CCCOCCOCCN=[N+]=[N-])cc1. The Hall–Kier alpha value is -7.05. The summed E-state index contributed by atoms with van der Waals surface area (Å²) in [6.07, 6.45) is 13.7. The number of aliphatic hydroxyl groups is 4. The molecule has 91 heavy (non-hydrogen) atoms. The number of rotatable bonds is 45. The maximum Gasteiger partial charge on any atom is 0.408 e. The van der Waals surface area contributed by atoms with Crippen molar-refractivity contribution in [2.75, 3.05) is 73.6 Å². The molecule has 0 bridgehead atoms. The largest absolute Gasteiger partial charge is 0.494 e. The van der Waals surface area contributed by atoms with Gasteiger partial charge in [0.25, 0.3) is 0 Å². The fourth-order valence-corrected chi connectivity index (χ4v) is 8.77. The van der Waals surface area contributed by atoms with Crippen LogP contribution in [0.3, 0.4) is 0 Å². The fraction of sp³-hybridized carbons (Fsp3) is 0.619. The number of ether oxygens (including phenoxy) is 10. The molecule has 2 saturated heterocycles. The lowest BCUT2D eigenvalue weighted by Crippen LogP contribution is -2.63. The van der Waals surface area contributed by atoms with Crippen molar-refractivity contribution in [1.29, 1.82) is 0 Å². The molecule has 3 rings (SSSR count). The van der Waals surface area contributed by atoms with E-state index in [0.717, 1.165) is 52.6 Å². The number of amides is 4. The third-order valence-corrected chi connectivity index (χ3v) is 13.8. The number of methoxy groups -OCH3 is 2. The minimum absolute atomic E-state index is 0.00116. The number of carboxylic acids is 1. The average Bonchev–Trinajstić information content (AvgIpc) is 1.47. The molecular formula is C63H95N7O21. The number of aliphatic hydroxyl groups excluding tert-OH is 4. The first-order valence-corrected chi connectivity index (χ1v) is 30.7. The predicted molar refractivity (Wildman–Crippen MR) is 332 cm³/mol. The fourth-order valence-electron chi connectivity index (χ4n) is 8.77. The topological polar surface area (TPSA) is 393 Å². The van der Waals surface area contributed by atoms with Crippen LogP contribution in [0.15, 0.2) is 102 Å². The van der Waals surface area contributed by atoms with Gasteiger partial charge in [-0.1, -0.05) is 97.1 Å². The molecular weight excluding hydrogens is 1190 g/mol. The van der Waals surface area contributed by atoms with E-state index in [9.17, 15) is 49.2 Å². The van der Waals surface area contributed by atoms with Gasteiger partial charge < -0.3 is 94.2 Å². The number of carbonyl (C=O) groups is 6. The number of aliphatic carboxylic acids is 1. The number of Topliss-reactive ketones (excluding diaryl/α,β-unsaturated/α-hetero) is 1. The molecule has 0 aromatic heterocycles. The molecule has 2 heterocycles. The summed E-state index contributed by atoms with van der Waals surface area (Å²) >= 11 is 0. The Morgan fingerprint density at radius 2 is 1.19 bits per heavy atom. The lowest BCUT2D eigenvalue weighted by Gasteiger charge is -2.44. The Balaban J connectivity index is 1.52. The van der Waals surface area contributed by atoms with Crippen molar-refractivity contribution >= 4 is 35.8 Å². The van der Waals surface area contributed by atoms with E-state index < -0.39 is 110 Å². The van der Waals surface area contributed by atoms with Crippen molar-refractivity contribution in [2.45, 2.75) is 177 Å². The second kappa shape index (κ2) is 46.9. The van der Waals surface area contributed by atoms with Gasteiger partial charge in [-0.2, -0.15) is 0 Å². The van der Waals surface area contributed by atoms with E-state index >= 15 is 0 Å². The van der Waals surface area contributed by atoms with Crippen LogP contribution in [0.25, 0.3) is 10.4 Å². The Kier molecular flexibility index (Phi) is 40.3. The molecule has 0 saturated carbocycles. The number of carbonyl (C=O) groups excluding carboxylic acids is 5. The van der Waals surface area contributed by atoms with E-state index in [4.69, 9.17) is 58.0 Å². The van der Waals surface area contributed by atoms with Gasteiger partial charge >= 0.3 is 18.2 Å². The lowest BCUT2D eigenvalue weighted by molar-refractivity contribution is -0.328. The molecule has 4 unspecified atom stereocenters. The first-order chi connectivity index (χ1) is 43.9. The molecule has 0 aliphatic carbocycles. The van der Waals surface area contributed by atoms with Gasteiger partial charge in [-0.15, -0.1) is 0 Å². The van der Waals surface area contributed by atoms with Crippen LogP contribution in [0.1, 0.15) is 97.0 Å². The summed E-state index contributed by atoms with van der Waals surface area (Å²) in [5.74, 6) is -2.05. The van der Waals surface area contributed by atoms with Gasteiger partial charge in [0, 0.05) is 51.7 Å². The average molecular weight is 1290 g/mol. The van der Waals surface area contributed by atoms with Crippen molar-refractivity contribution in [3.8, 4) is 5.75 Å². The van der Waals surface area contributed by atoms with E-state index in [0.29, 0.717) is 50.1 Å². The van der Waals surface area contributed by atoms with Crippen molar-refractivity contribution in [3.63, 3.8) is 0 Å². The molecule has 1 aromatic rings. The first kappa shape index (κ1) is 78.2. The number of allylic oxidation sites excluding steroid dienone is 12. The van der Waals surface area contributed by atoms with Gasteiger partial charge in [0.15, 0.2) is 30.6 Å². The maximum atomic E-state index is 13.8. The monoisotopic (exact) mass is 1290 g/mol. The number of azide groups is 1. The zero-order chi connectivity index (χ0) is 66.6. The molecule has 28 heteroatoms. The molecule has 1 aromatic carbocycles. The maximum absolute atomic E-state index is 13.8. The number of ketones is 1. The molecule has 2 fully saturated rings. The number of carboxylic acid groups (broad SMARTS) is 1. The lowest BCUT2D eigenvalue weighted by atomic mass is 9.98. The van der Waals surface area contributed by atoms with Crippen molar-refractivity contribution in [1.82, 2.24) is 21.3 Å². The second-order valence-corrected chi connectivity index (χ2v) is 21.0. The molecule has 28 nitrogen and oxygen atoms in total. The summed E-state index contributed by atoms with van der Waals surface area (Å²) in [5, 5.41) is 67.0. The molecule has 4 amide bonds. The van der Waals surface area contributed by atoms with Crippen LogP contribution in [-0.4, -0.2) is 214 Å². The Labute approximate surface area is 531 Å². The van der Waals surface area contributed by atoms with Crippen molar-refractivity contribution in [2.24, 2.45) is 5.11 Å². The zero-order valence-corrected chi connectivity index (χ0v) is 52.7. The van der Waals surface area contributed by atoms with E-state index in [1.165, 1.54) is 14.0 Å². The molecule has 13 atom stereocenters. The standard InChI is InChI=1S/C63H95N7O21/c1-6-7-8-9-10-11-12-13-14-15-16-17-18-19-20-21-22-23-24-28-51(72)65-33-26-36-86-46-31-29-45(30-32-46)40-47(48(71)27-25-35-84-38-39-85-37-34-66-70-64)69-58(77)43(2)67-62(80)90-56-53(74)50(88-60(83-5)54(56)75)42-87-61-55(76)57(52(73)49(89-61)41-82-4)91-63(81)68-44(3)59(78)79/h7-8,10-11,13-14,16-17,19-20,22-23,29-32,43-44,47,49-50,52-57,60-61,73-76H,6,9,12,15,18,21,24-28,33-42H2,1-5H3,(H,65,72)(H,67,80)(H,68,81)(H,69,77)(H,78,79)/b8-7-,11-10-,14-13-,17-16-,20-19-,23-22-/t43-,44-,47-,49?,50?,52+,53+,54?,55?,56-,57-,60-,61+/m0/s1. The van der Waals surface area contributed by atoms with Crippen LogP contribution in [-0.2, 0) is 68.2 Å². The number of hydrogen-bond acceptors (Lipinski definition) is 21. The quantitative estimate of drug-likeness (QED) is 0.0136. The van der Waals surface area contributed by atoms with Crippen molar-refractivity contribution < 1.29 is 102 Å². The van der Waals surface area contributed by atoms with Gasteiger partial charge in [-0.05, 0) is 101 Å². The minimum atomic E-state index is -1.91. The van der Waals surface area contributed by atoms with E-state index in [2.05, 4.69) is 93.7 Å². The number of benzene rings is 1. The highest BCUT2D eigenvalue weighted by Crippen LogP contribution is 2.29. The van der Waals surface area contributed by atoms with Gasteiger partial charge in [-0.25, -0.2) is 9.59 Å². The zero-order valence-electron chi connectivity index (χ0n) is 52.7. The Morgan fingerprint density at radius 3 is 1.75 bits per heavy atom. The van der Waals surface area contributed by atoms with Gasteiger partial charge in [0.2, 0.25) is 11.8 Å². The van der Waals surface area contributed by atoms with Crippen LogP contribution < -0.4 is 26.0 Å². The Morgan fingerprint density at radius 1 is 0.648 bits per heavy atom. The normalized spacial score (nSPS) is 22.9. The summed E-state index contributed by atoms with van der Waals surface area (Å²) in [4.78, 5) is 79.7. The molecule has 508 valence electrons. The molecule has 0 spiro atoms. The minimum Gasteiger partial charge on any atom is -0.494 e. The second-order valence-electron chi connectivity index (χ2n) is 21.0. The summed E-state index contributed by atoms with van der Waals surface area (Å²) in [7, 11) is 2.43. The molecule has 2 aliphatic rings. The highest BCUT2D eigenvalue weighted by Gasteiger charge is 2.51. The summed E-state index contributed by atoms with van der Waals surface area (Å²) in [6, 6.07) is 3.07. The van der Waals surface area contributed by atoms with E-state index in [1.54, 1.807) is 24.3 Å². The third kappa shape index (κ3) is 32.2. The van der Waals surface area contributed by atoms with Crippen molar-refractivity contribution in [3.05, 3.63) is 113 Å². The summed E-state index contributed by atoms with van der Waals surface area (Å²) in [5.41, 5.74) is 9.07. The third-order valence-electron chi connectivity index (χ3n) is 13.8. The van der Waals surface area contributed by atoms with E-state index in [1.807, 2.05) is 17.5 Å². The van der Waals surface area contributed by atoms with Crippen LogP contribution in [0.5, 0.6) is 5.75 Å². The molecule has 2 aliphatic heterocycles. The molecule has 9 N–H and O–H groups in total. The number of nitrogens with one attached hydrogen (secondary N) is 4. The number of nitrogens with zero attached hydrogens (tertiary/aromatic N) is 3. The summed E-state index contributed by atoms with van der Waals surface area (Å²) < 4.78 is 54.8. The predicted octanol–water partition coefficient (Wildman–Crippen LogP) is 5.02. The van der Waals surface area contributed by atoms with Crippen LogP contribution in [0.2, 0.25) is 0 Å². The van der Waals surface area contributed by atoms with Crippen LogP contribution in [0.4, 0.5) is 9.59 Å². The van der Waals surface area contributed by atoms with E-state index in [-0.39, 0.29) is 64.1 Å². The first-order valence-electron chi connectivity index (χ1n) is 30.7. The number of hydrogen-bond donors (Lipinski definition) is 9. The van der Waals surface area contributed by atoms with Crippen LogP contribution in [0, 0.1) is 0 Å². The highest BCUT2D eigenvalue weighted by molar-refractivity contribution is 5.92. The van der Waals surface area contributed by atoms with Gasteiger partial charge in [0.1, 0.15) is 54.5 Å². The van der Waals surface area contributed by atoms with Gasteiger partial charge in [-0.3, -0.25) is 19.2 Å². The summed E-state index contributed by atoms with van der Waals surface area (Å²) in [6.45, 7) is 5.43. The van der Waals surface area contributed by atoms with Gasteiger partial charge in [0.05, 0.1) is 45.7 Å². The van der Waals surface area contributed by atoms with Crippen LogP contribution >= 0.6 is 0 Å². The number of alkyl carbamates (subject to hydrolysis) is 2. The smallest absolute Gasteiger partial charge is 0.408 e.